The van der Waals surface area contributed by atoms with E-state index >= 15 is 0 Å². The third-order valence-corrected chi connectivity index (χ3v) is 4.34. The van der Waals surface area contributed by atoms with Crippen LogP contribution in [-0.2, 0) is 9.53 Å². The van der Waals surface area contributed by atoms with E-state index in [-0.39, 0.29) is 12.6 Å². The molecule has 1 atom stereocenters. The summed E-state index contributed by atoms with van der Waals surface area (Å²) in [5.74, 6) is 0.987. The van der Waals surface area contributed by atoms with E-state index in [1.807, 2.05) is 61.5 Å². The summed E-state index contributed by atoms with van der Waals surface area (Å²) >= 11 is 0. The normalized spacial score (nSPS) is 16.2. The van der Waals surface area contributed by atoms with Crippen LogP contribution in [-0.4, -0.2) is 18.6 Å². The average molecular weight is 380 g/mol. The van der Waals surface area contributed by atoms with Crippen molar-refractivity contribution in [2.45, 2.75) is 32.7 Å². The molecule has 0 fully saturated rings. The van der Waals surface area contributed by atoms with Gasteiger partial charge in [-0.1, -0.05) is 43.7 Å². The molecule has 3 rings (SSSR count). The van der Waals surface area contributed by atoms with E-state index in [4.69, 9.17) is 9.47 Å². The Morgan fingerprint density at radius 1 is 1.00 bits per heavy atom. The number of allylic oxidation sites excluding steroid dienone is 1. The fourth-order valence-electron chi connectivity index (χ4n) is 3.12. The Bertz CT molecular complexity index is 860. The molecule has 6 heteroatoms. The Hall–Kier alpha value is -3.28. The fraction of sp³-hybridized carbons (Fsp3) is 0.273. The second-order valence-electron chi connectivity index (χ2n) is 6.38. The van der Waals surface area contributed by atoms with Gasteiger partial charge < -0.3 is 20.1 Å². The number of hydrogen-bond donors (Lipinski definition) is 2. The van der Waals surface area contributed by atoms with Gasteiger partial charge in [0.2, 0.25) is 0 Å². The Morgan fingerprint density at radius 2 is 1.68 bits per heavy atom. The van der Waals surface area contributed by atoms with Crippen LogP contribution in [0.5, 0.6) is 11.5 Å². The smallest absolute Gasteiger partial charge is 0.338 e. The van der Waals surface area contributed by atoms with E-state index in [0.717, 1.165) is 17.7 Å². The molecule has 0 spiro atoms. The monoisotopic (exact) mass is 380 g/mol. The van der Waals surface area contributed by atoms with Crippen LogP contribution in [0.4, 0.5) is 4.79 Å². The van der Waals surface area contributed by atoms with E-state index in [2.05, 4.69) is 10.6 Å². The van der Waals surface area contributed by atoms with Crippen molar-refractivity contribution in [1.29, 1.82) is 0 Å². The lowest BCUT2D eigenvalue weighted by Crippen LogP contribution is -2.46. The van der Waals surface area contributed by atoms with Crippen LogP contribution in [0.25, 0.3) is 0 Å². The molecule has 0 bridgehead atoms. The zero-order valence-electron chi connectivity index (χ0n) is 16.0. The Kier molecular flexibility index (Phi) is 6.32. The lowest BCUT2D eigenvalue weighted by atomic mass is 9.94. The van der Waals surface area contributed by atoms with E-state index < -0.39 is 12.0 Å². The minimum Gasteiger partial charge on any atom is -0.463 e. The van der Waals surface area contributed by atoms with E-state index in [1.54, 1.807) is 6.92 Å². The number of amides is 2. The summed E-state index contributed by atoms with van der Waals surface area (Å²) in [6.07, 6.45) is 1.39. The maximum atomic E-state index is 12.6. The van der Waals surface area contributed by atoms with Crippen molar-refractivity contribution < 1.29 is 19.1 Å². The Balaban J connectivity index is 1.89. The van der Waals surface area contributed by atoms with Crippen molar-refractivity contribution in [2.75, 3.05) is 6.61 Å². The number of rotatable bonds is 7. The highest BCUT2D eigenvalue weighted by atomic mass is 16.5. The number of benzene rings is 2. The zero-order chi connectivity index (χ0) is 19.9. The number of urea groups is 1. The molecule has 6 nitrogen and oxygen atoms in total. The van der Waals surface area contributed by atoms with Gasteiger partial charge in [0.15, 0.2) is 0 Å². The zero-order valence-corrected chi connectivity index (χ0v) is 16.0. The van der Waals surface area contributed by atoms with Crippen molar-refractivity contribution in [2.24, 2.45) is 0 Å². The maximum Gasteiger partial charge on any atom is 0.338 e. The largest absolute Gasteiger partial charge is 0.463 e. The van der Waals surface area contributed by atoms with Gasteiger partial charge in [-0.15, -0.1) is 0 Å². The molecule has 2 aromatic carbocycles. The molecule has 2 amide bonds. The van der Waals surface area contributed by atoms with E-state index in [0.29, 0.717) is 23.4 Å². The molecule has 0 saturated heterocycles. The summed E-state index contributed by atoms with van der Waals surface area (Å²) in [4.78, 5) is 24.7. The van der Waals surface area contributed by atoms with Gasteiger partial charge in [0.25, 0.3) is 0 Å². The molecular weight excluding hydrogens is 356 g/mol. The molecule has 1 unspecified atom stereocenters. The average Bonchev–Trinajstić information content (AvgIpc) is 2.69. The minimum absolute atomic E-state index is 0.270. The molecular formula is C22H24N2O4. The summed E-state index contributed by atoms with van der Waals surface area (Å²) in [7, 11) is 0. The minimum atomic E-state index is -0.569. The molecule has 2 aromatic rings. The van der Waals surface area contributed by atoms with Gasteiger partial charge in [-0.25, -0.2) is 9.59 Å². The number of carbonyl (C=O) groups excluding carboxylic acids is 2. The molecule has 146 valence electrons. The van der Waals surface area contributed by atoms with Crippen molar-refractivity contribution in [3.63, 3.8) is 0 Å². The second kappa shape index (κ2) is 9.08. The number of esters is 1. The van der Waals surface area contributed by atoms with Gasteiger partial charge in [-0.3, -0.25) is 0 Å². The van der Waals surface area contributed by atoms with Crippen LogP contribution in [0.1, 0.15) is 38.3 Å². The predicted octanol–water partition coefficient (Wildman–Crippen LogP) is 4.45. The lowest BCUT2D eigenvalue weighted by Gasteiger charge is -2.29. The number of nitrogens with one attached hydrogen (secondary N) is 2. The summed E-state index contributed by atoms with van der Waals surface area (Å²) in [5.41, 5.74) is 1.84. The molecule has 1 aliphatic heterocycles. The first-order valence-electron chi connectivity index (χ1n) is 9.43. The highest BCUT2D eigenvalue weighted by Crippen LogP contribution is 2.31. The highest BCUT2D eigenvalue weighted by Gasteiger charge is 2.33. The van der Waals surface area contributed by atoms with E-state index in [9.17, 15) is 9.59 Å². The van der Waals surface area contributed by atoms with Crippen molar-refractivity contribution >= 4 is 12.0 Å². The van der Waals surface area contributed by atoms with Gasteiger partial charge in [-0.2, -0.15) is 0 Å². The lowest BCUT2D eigenvalue weighted by molar-refractivity contribution is -0.139. The van der Waals surface area contributed by atoms with Crippen molar-refractivity contribution in [3.8, 4) is 11.5 Å². The summed E-state index contributed by atoms with van der Waals surface area (Å²) in [6, 6.07) is 15.9. The van der Waals surface area contributed by atoms with Gasteiger partial charge in [0.1, 0.15) is 11.5 Å². The Morgan fingerprint density at radius 3 is 2.32 bits per heavy atom. The molecule has 0 saturated carbocycles. The van der Waals surface area contributed by atoms with Crippen LogP contribution in [0.15, 0.2) is 65.9 Å². The standard InChI is InChI=1S/C22H24N2O4/c1-3-8-18-19(21(25)27-4-2)20(24-22(26)23-18)15-11-13-17(14-12-15)28-16-9-6-5-7-10-16/h5-7,9-14,20H,3-4,8H2,1-2H3,(H2,23,24,26). The van der Waals surface area contributed by atoms with Crippen molar-refractivity contribution in [1.82, 2.24) is 10.6 Å². The quantitative estimate of drug-likeness (QED) is 0.696. The van der Waals surface area contributed by atoms with Gasteiger partial charge in [0.05, 0.1) is 18.2 Å². The summed E-state index contributed by atoms with van der Waals surface area (Å²) in [5, 5.41) is 5.58. The number of para-hydroxylation sites is 1. The predicted molar refractivity (Wildman–Crippen MR) is 106 cm³/mol. The molecule has 1 heterocycles. The van der Waals surface area contributed by atoms with E-state index in [1.165, 1.54) is 0 Å². The van der Waals surface area contributed by atoms with Crippen LogP contribution in [0.3, 0.4) is 0 Å². The summed E-state index contributed by atoms with van der Waals surface area (Å²) < 4.78 is 11.0. The molecule has 0 aliphatic carbocycles. The molecule has 2 N–H and O–H groups in total. The third kappa shape index (κ3) is 4.52. The van der Waals surface area contributed by atoms with Crippen molar-refractivity contribution in [3.05, 3.63) is 71.4 Å². The van der Waals surface area contributed by atoms with Gasteiger partial charge in [0, 0.05) is 5.70 Å². The van der Waals surface area contributed by atoms with Gasteiger partial charge >= 0.3 is 12.0 Å². The number of carbonyl (C=O) groups is 2. The second-order valence-corrected chi connectivity index (χ2v) is 6.38. The third-order valence-electron chi connectivity index (χ3n) is 4.34. The SMILES string of the molecule is CCCC1=C(C(=O)OCC)C(c2ccc(Oc3ccccc3)cc2)NC(=O)N1. The number of ether oxygens (including phenoxy) is 2. The molecule has 28 heavy (non-hydrogen) atoms. The van der Waals surface area contributed by atoms with Crippen LogP contribution < -0.4 is 15.4 Å². The molecule has 0 radical (unpaired) electrons. The molecule has 1 aliphatic rings. The first-order valence-corrected chi connectivity index (χ1v) is 9.43. The first-order chi connectivity index (χ1) is 13.6. The first kappa shape index (κ1) is 19.5. The van der Waals surface area contributed by atoms with Crippen LogP contribution >= 0.6 is 0 Å². The number of hydrogen-bond acceptors (Lipinski definition) is 4. The van der Waals surface area contributed by atoms with Crippen LogP contribution in [0.2, 0.25) is 0 Å². The van der Waals surface area contributed by atoms with Crippen LogP contribution in [0, 0.1) is 0 Å². The molecule has 0 aromatic heterocycles. The van der Waals surface area contributed by atoms with Gasteiger partial charge in [-0.05, 0) is 43.2 Å². The topological polar surface area (TPSA) is 76.7 Å². The fourth-order valence-corrected chi connectivity index (χ4v) is 3.12. The Labute approximate surface area is 164 Å². The maximum absolute atomic E-state index is 12.6. The summed E-state index contributed by atoms with van der Waals surface area (Å²) in [6.45, 7) is 4.03. The highest BCUT2D eigenvalue weighted by molar-refractivity contribution is 5.95.